The third-order valence-electron chi connectivity index (χ3n) is 3.52. The van der Waals surface area contributed by atoms with Gasteiger partial charge in [0.2, 0.25) is 0 Å². The fourth-order valence-electron chi connectivity index (χ4n) is 2.62. The van der Waals surface area contributed by atoms with Gasteiger partial charge in [-0.25, -0.2) is 0 Å². The summed E-state index contributed by atoms with van der Waals surface area (Å²) in [7, 11) is 0. The molecule has 0 saturated carbocycles. The lowest BCUT2D eigenvalue weighted by Crippen LogP contribution is -2.44. The minimum absolute atomic E-state index is 0.290. The lowest BCUT2D eigenvalue weighted by molar-refractivity contribution is -0.115. The summed E-state index contributed by atoms with van der Waals surface area (Å²) in [5, 5.41) is 13.8. The number of thiophene rings is 1. The number of ether oxygens (including phenoxy) is 1. The van der Waals surface area contributed by atoms with Crippen LogP contribution < -0.4 is 5.32 Å². The van der Waals surface area contributed by atoms with Crippen LogP contribution in [0.5, 0.6) is 0 Å². The normalized spacial score (nSPS) is 27.1. The van der Waals surface area contributed by atoms with E-state index in [1.54, 1.807) is 0 Å². The van der Waals surface area contributed by atoms with Crippen LogP contribution in [0.3, 0.4) is 0 Å². The molecule has 1 atom stereocenters. The number of fused-ring (bicyclic) bond motifs is 2. The smallest absolute Gasteiger partial charge is 0.112 e. The highest BCUT2D eigenvalue weighted by atomic mass is 35.5. The van der Waals surface area contributed by atoms with Crippen LogP contribution in [0, 0.1) is 0 Å². The van der Waals surface area contributed by atoms with Crippen LogP contribution in [0.2, 0.25) is 9.36 Å². The van der Waals surface area contributed by atoms with Crippen LogP contribution in [0.25, 0.3) is 0 Å². The fourth-order valence-corrected chi connectivity index (χ4v) is 4.52. The maximum absolute atomic E-state index is 9.99. The van der Waals surface area contributed by atoms with E-state index in [0.717, 1.165) is 36.4 Å². The van der Waals surface area contributed by atoms with Gasteiger partial charge in [-0.05, 0) is 25.9 Å². The average Bonchev–Trinajstić information content (AvgIpc) is 2.64. The molecule has 0 bridgehead atoms. The van der Waals surface area contributed by atoms with Crippen molar-refractivity contribution in [2.24, 2.45) is 0 Å². The second-order valence-corrected chi connectivity index (χ2v) is 6.50. The van der Waals surface area contributed by atoms with Gasteiger partial charge in [0.1, 0.15) is 16.0 Å². The number of aliphatic hydroxyl groups is 1. The van der Waals surface area contributed by atoms with E-state index in [2.05, 4.69) is 5.32 Å². The average molecular weight is 294 g/mol. The van der Waals surface area contributed by atoms with Gasteiger partial charge < -0.3 is 15.2 Å². The van der Waals surface area contributed by atoms with E-state index < -0.39 is 6.10 Å². The highest BCUT2D eigenvalue weighted by Gasteiger charge is 2.44. The van der Waals surface area contributed by atoms with E-state index in [-0.39, 0.29) is 5.60 Å². The molecule has 0 radical (unpaired) electrons. The van der Waals surface area contributed by atoms with Crippen molar-refractivity contribution >= 4 is 34.5 Å². The van der Waals surface area contributed by atoms with E-state index >= 15 is 0 Å². The van der Waals surface area contributed by atoms with Gasteiger partial charge in [-0.2, -0.15) is 0 Å². The fraction of sp³-hybridized carbons (Fsp3) is 0.636. The van der Waals surface area contributed by atoms with Crippen molar-refractivity contribution < 1.29 is 9.84 Å². The van der Waals surface area contributed by atoms with Crippen LogP contribution in [0.15, 0.2) is 0 Å². The summed E-state index contributed by atoms with van der Waals surface area (Å²) in [5.74, 6) is 0. The molecule has 17 heavy (non-hydrogen) atoms. The van der Waals surface area contributed by atoms with E-state index in [9.17, 15) is 5.11 Å². The zero-order chi connectivity index (χ0) is 12.0. The van der Waals surface area contributed by atoms with Gasteiger partial charge in [0.15, 0.2) is 0 Å². The van der Waals surface area contributed by atoms with Crippen molar-refractivity contribution in [3.8, 4) is 0 Å². The van der Waals surface area contributed by atoms with Crippen molar-refractivity contribution in [2.45, 2.75) is 24.5 Å². The van der Waals surface area contributed by atoms with Gasteiger partial charge in [-0.1, -0.05) is 23.2 Å². The SMILES string of the molecule is OC1COC2(CCNCC2)c2sc(Cl)c(Cl)c21. The van der Waals surface area contributed by atoms with Crippen LogP contribution in [-0.2, 0) is 10.3 Å². The minimum Gasteiger partial charge on any atom is -0.386 e. The van der Waals surface area contributed by atoms with Crippen molar-refractivity contribution in [2.75, 3.05) is 19.7 Å². The highest BCUT2D eigenvalue weighted by molar-refractivity contribution is 7.17. The van der Waals surface area contributed by atoms with Crippen LogP contribution in [0.4, 0.5) is 0 Å². The number of rotatable bonds is 0. The van der Waals surface area contributed by atoms with Crippen LogP contribution >= 0.6 is 34.5 Å². The first kappa shape index (κ1) is 12.2. The Morgan fingerprint density at radius 2 is 2.06 bits per heavy atom. The van der Waals surface area contributed by atoms with Gasteiger partial charge in [-0.3, -0.25) is 0 Å². The first-order chi connectivity index (χ1) is 8.14. The molecular weight excluding hydrogens is 281 g/mol. The Labute approximate surface area is 114 Å². The number of hydrogen-bond donors (Lipinski definition) is 2. The van der Waals surface area contributed by atoms with E-state index in [0.29, 0.717) is 16.0 Å². The number of aliphatic hydroxyl groups excluding tert-OH is 1. The van der Waals surface area contributed by atoms with Gasteiger partial charge in [0, 0.05) is 10.4 Å². The summed E-state index contributed by atoms with van der Waals surface area (Å²) >= 11 is 13.7. The van der Waals surface area contributed by atoms with Crippen molar-refractivity contribution in [1.29, 1.82) is 0 Å². The molecule has 0 amide bonds. The molecule has 1 spiro atoms. The first-order valence-corrected chi connectivity index (χ1v) is 7.22. The Morgan fingerprint density at radius 3 is 2.76 bits per heavy atom. The number of halogens is 2. The standard InChI is InChI=1S/C11H13Cl2NO2S/c12-8-7-6(15)5-16-11(1-3-14-4-2-11)9(7)17-10(8)13/h6,14-15H,1-5H2. The van der Waals surface area contributed by atoms with Crippen molar-refractivity contribution in [3.63, 3.8) is 0 Å². The topological polar surface area (TPSA) is 41.5 Å². The van der Waals surface area contributed by atoms with Gasteiger partial charge in [0.25, 0.3) is 0 Å². The Bertz CT molecular complexity index is 443. The molecule has 1 unspecified atom stereocenters. The van der Waals surface area contributed by atoms with E-state index in [1.165, 1.54) is 11.3 Å². The molecule has 3 heterocycles. The number of piperidine rings is 1. The quantitative estimate of drug-likeness (QED) is 0.773. The van der Waals surface area contributed by atoms with E-state index in [1.807, 2.05) is 0 Å². The third kappa shape index (κ3) is 1.82. The lowest BCUT2D eigenvalue weighted by atomic mass is 9.85. The molecule has 1 aromatic heterocycles. The van der Waals surface area contributed by atoms with Crippen LogP contribution in [-0.4, -0.2) is 24.8 Å². The minimum atomic E-state index is -0.651. The molecule has 3 nitrogen and oxygen atoms in total. The van der Waals surface area contributed by atoms with E-state index in [4.69, 9.17) is 27.9 Å². The summed E-state index contributed by atoms with van der Waals surface area (Å²) in [6, 6.07) is 0. The molecule has 94 valence electrons. The van der Waals surface area contributed by atoms with Crippen LogP contribution in [0.1, 0.15) is 29.4 Å². The van der Waals surface area contributed by atoms with Gasteiger partial charge >= 0.3 is 0 Å². The molecule has 2 aliphatic heterocycles. The van der Waals surface area contributed by atoms with Crippen molar-refractivity contribution in [1.82, 2.24) is 5.32 Å². The maximum atomic E-state index is 9.99. The van der Waals surface area contributed by atoms with Gasteiger partial charge in [0.05, 0.1) is 11.6 Å². The molecule has 1 fully saturated rings. The third-order valence-corrected chi connectivity index (χ3v) is 5.72. The van der Waals surface area contributed by atoms with Crippen molar-refractivity contribution in [3.05, 3.63) is 19.8 Å². The highest BCUT2D eigenvalue weighted by Crippen LogP contribution is 2.52. The summed E-state index contributed by atoms with van der Waals surface area (Å²) in [6.45, 7) is 2.14. The second kappa shape index (κ2) is 4.37. The molecule has 3 rings (SSSR count). The maximum Gasteiger partial charge on any atom is 0.112 e. The molecule has 1 aromatic rings. The second-order valence-electron chi connectivity index (χ2n) is 4.50. The predicted molar refractivity (Wildman–Crippen MR) is 69.0 cm³/mol. The molecule has 0 aromatic carbocycles. The largest absolute Gasteiger partial charge is 0.386 e. The summed E-state index contributed by atoms with van der Waals surface area (Å²) < 4.78 is 6.47. The summed E-state index contributed by atoms with van der Waals surface area (Å²) in [5.41, 5.74) is 0.496. The zero-order valence-electron chi connectivity index (χ0n) is 9.13. The summed E-state index contributed by atoms with van der Waals surface area (Å²) in [6.07, 6.45) is 1.15. The molecule has 6 heteroatoms. The predicted octanol–water partition coefficient (Wildman–Crippen LogP) is 2.70. The monoisotopic (exact) mass is 293 g/mol. The number of hydrogen-bond acceptors (Lipinski definition) is 4. The Balaban J connectivity index is 2.11. The molecule has 1 saturated heterocycles. The summed E-state index contributed by atoms with van der Waals surface area (Å²) in [4.78, 5) is 1.02. The molecule has 2 N–H and O–H groups in total. The first-order valence-electron chi connectivity index (χ1n) is 5.65. The zero-order valence-corrected chi connectivity index (χ0v) is 11.5. The lowest BCUT2D eigenvalue weighted by Gasteiger charge is -2.41. The van der Waals surface area contributed by atoms with Gasteiger partial charge in [-0.15, -0.1) is 11.3 Å². The number of nitrogens with one attached hydrogen (secondary N) is 1. The molecular formula is C11H13Cl2NO2S. The Morgan fingerprint density at radius 1 is 1.35 bits per heavy atom. The Hall–Kier alpha value is 0.160. The molecule has 0 aliphatic carbocycles. The Kier molecular flexibility index (Phi) is 3.14. The molecule has 2 aliphatic rings.